The van der Waals surface area contributed by atoms with Crippen LogP contribution >= 0.6 is 0 Å². The van der Waals surface area contributed by atoms with Gasteiger partial charge in [-0.1, -0.05) is 19.1 Å². The van der Waals surface area contributed by atoms with E-state index in [1.165, 1.54) is 0 Å². The highest BCUT2D eigenvalue weighted by Gasteiger charge is 2.08. The van der Waals surface area contributed by atoms with Crippen LogP contribution in [0.15, 0.2) is 29.1 Å². The van der Waals surface area contributed by atoms with Crippen LogP contribution in [0.3, 0.4) is 0 Å². The molecular formula is C12H14N2O2. The Hall–Kier alpha value is -1.97. The van der Waals surface area contributed by atoms with Gasteiger partial charge in [0.15, 0.2) is 0 Å². The van der Waals surface area contributed by atoms with Crippen molar-refractivity contribution in [2.75, 3.05) is 0 Å². The van der Waals surface area contributed by atoms with Crippen LogP contribution in [0.1, 0.15) is 23.7 Å². The molecule has 0 saturated carbocycles. The maximum atomic E-state index is 11.5. The Morgan fingerprint density at radius 3 is 2.50 bits per heavy atom. The first-order valence-electron chi connectivity index (χ1n) is 5.27. The van der Waals surface area contributed by atoms with Gasteiger partial charge >= 0.3 is 0 Å². The number of aromatic nitrogens is 2. The molecule has 16 heavy (non-hydrogen) atoms. The van der Waals surface area contributed by atoms with Crippen molar-refractivity contribution < 1.29 is 5.11 Å². The number of hydrogen-bond donors (Lipinski definition) is 3. The summed E-state index contributed by atoms with van der Waals surface area (Å²) >= 11 is 0. The molecule has 0 aliphatic heterocycles. The smallest absolute Gasteiger partial charge is 0.267 e. The first-order valence-corrected chi connectivity index (χ1v) is 5.27. The first kappa shape index (κ1) is 10.5. The van der Waals surface area contributed by atoms with Gasteiger partial charge in [-0.05, 0) is 24.1 Å². The van der Waals surface area contributed by atoms with E-state index in [1.807, 2.05) is 19.1 Å². The number of benzene rings is 1. The van der Waals surface area contributed by atoms with E-state index >= 15 is 0 Å². The van der Waals surface area contributed by atoms with Gasteiger partial charge < -0.3 is 10.2 Å². The van der Waals surface area contributed by atoms with Crippen LogP contribution in [0.4, 0.5) is 0 Å². The van der Waals surface area contributed by atoms with Crippen LogP contribution < -0.4 is 5.56 Å². The molecule has 0 unspecified atom stereocenters. The number of aryl methyl sites for hydroxylation is 1. The zero-order valence-electron chi connectivity index (χ0n) is 9.08. The summed E-state index contributed by atoms with van der Waals surface area (Å²) in [7, 11) is 0. The zero-order valence-corrected chi connectivity index (χ0v) is 9.08. The molecule has 0 spiro atoms. The minimum Gasteiger partial charge on any atom is -0.508 e. The summed E-state index contributed by atoms with van der Waals surface area (Å²) in [4.78, 5) is 11.5. The lowest BCUT2D eigenvalue weighted by molar-refractivity contribution is 0.475. The highest BCUT2D eigenvalue weighted by atomic mass is 16.3. The van der Waals surface area contributed by atoms with Gasteiger partial charge in [0.1, 0.15) is 5.75 Å². The molecule has 0 aliphatic carbocycles. The molecule has 3 N–H and O–H groups in total. The van der Waals surface area contributed by atoms with Gasteiger partial charge in [0.05, 0.1) is 0 Å². The molecule has 0 fully saturated rings. The summed E-state index contributed by atoms with van der Waals surface area (Å²) in [6, 6.07) is 6.89. The minimum atomic E-state index is -0.0649. The SMILES string of the molecule is CCc1[nH][nH]c(=O)c1Cc1ccc(O)cc1. The molecule has 0 bridgehead atoms. The minimum absolute atomic E-state index is 0.0649. The number of aromatic hydroxyl groups is 1. The van der Waals surface area contributed by atoms with Crippen molar-refractivity contribution in [2.45, 2.75) is 19.8 Å². The van der Waals surface area contributed by atoms with Crippen LogP contribution in [0.25, 0.3) is 0 Å². The zero-order chi connectivity index (χ0) is 11.5. The monoisotopic (exact) mass is 218 g/mol. The third kappa shape index (κ3) is 2.00. The fraction of sp³-hybridized carbons (Fsp3) is 0.250. The number of rotatable bonds is 3. The molecule has 1 aromatic heterocycles. The second kappa shape index (κ2) is 4.26. The van der Waals surface area contributed by atoms with Gasteiger partial charge in [0.2, 0.25) is 0 Å². The lowest BCUT2D eigenvalue weighted by Gasteiger charge is -2.00. The van der Waals surface area contributed by atoms with Crippen molar-refractivity contribution in [3.8, 4) is 5.75 Å². The number of H-pyrrole nitrogens is 2. The number of nitrogens with one attached hydrogen (secondary N) is 2. The standard InChI is InChI=1S/C12H14N2O2/c1-2-11-10(12(16)14-13-11)7-8-3-5-9(15)6-4-8/h3-6,15H,2,7H2,1H3,(H2,13,14,16). The van der Waals surface area contributed by atoms with Crippen molar-refractivity contribution in [2.24, 2.45) is 0 Å². The Kier molecular flexibility index (Phi) is 2.81. The van der Waals surface area contributed by atoms with Crippen LogP contribution in [0, 0.1) is 0 Å². The predicted octanol–water partition coefficient (Wildman–Crippen LogP) is 1.56. The van der Waals surface area contributed by atoms with E-state index in [-0.39, 0.29) is 11.3 Å². The molecule has 1 heterocycles. The number of phenols is 1. The van der Waals surface area contributed by atoms with Gasteiger partial charge in [0, 0.05) is 17.7 Å². The van der Waals surface area contributed by atoms with E-state index in [0.717, 1.165) is 23.2 Å². The molecule has 0 amide bonds. The number of hydrogen-bond acceptors (Lipinski definition) is 2. The molecule has 1 aromatic carbocycles. The Morgan fingerprint density at radius 2 is 1.88 bits per heavy atom. The highest BCUT2D eigenvalue weighted by molar-refractivity contribution is 5.31. The third-order valence-corrected chi connectivity index (χ3v) is 2.64. The van der Waals surface area contributed by atoms with E-state index in [2.05, 4.69) is 10.2 Å². The fourth-order valence-corrected chi connectivity index (χ4v) is 1.73. The average Bonchev–Trinajstić information content (AvgIpc) is 2.63. The molecule has 0 saturated heterocycles. The van der Waals surface area contributed by atoms with E-state index < -0.39 is 0 Å². The number of phenolic OH excluding ortho intramolecular Hbond substituents is 1. The molecule has 0 aliphatic rings. The summed E-state index contributed by atoms with van der Waals surface area (Å²) in [6.07, 6.45) is 1.38. The quantitative estimate of drug-likeness (QED) is 0.731. The second-order valence-corrected chi connectivity index (χ2v) is 3.73. The van der Waals surface area contributed by atoms with Crippen LogP contribution in [0.2, 0.25) is 0 Å². The Balaban J connectivity index is 2.29. The van der Waals surface area contributed by atoms with Gasteiger partial charge in [-0.2, -0.15) is 0 Å². The van der Waals surface area contributed by atoms with E-state index in [9.17, 15) is 4.79 Å². The lowest BCUT2D eigenvalue weighted by Crippen LogP contribution is -2.07. The Morgan fingerprint density at radius 1 is 1.19 bits per heavy atom. The lowest BCUT2D eigenvalue weighted by atomic mass is 10.0. The number of aromatic amines is 2. The summed E-state index contributed by atoms with van der Waals surface area (Å²) in [5.41, 5.74) is 2.66. The van der Waals surface area contributed by atoms with Crippen LogP contribution in [-0.4, -0.2) is 15.3 Å². The highest BCUT2D eigenvalue weighted by Crippen LogP contribution is 2.13. The molecule has 2 rings (SSSR count). The molecule has 84 valence electrons. The van der Waals surface area contributed by atoms with Crippen molar-refractivity contribution in [3.05, 3.63) is 51.4 Å². The fourth-order valence-electron chi connectivity index (χ4n) is 1.73. The molecular weight excluding hydrogens is 204 g/mol. The third-order valence-electron chi connectivity index (χ3n) is 2.64. The topological polar surface area (TPSA) is 68.9 Å². The van der Waals surface area contributed by atoms with Crippen LogP contribution in [0.5, 0.6) is 5.75 Å². The summed E-state index contributed by atoms with van der Waals surface area (Å²) < 4.78 is 0. The largest absolute Gasteiger partial charge is 0.508 e. The van der Waals surface area contributed by atoms with Crippen LogP contribution in [-0.2, 0) is 12.8 Å². The molecule has 4 nitrogen and oxygen atoms in total. The van der Waals surface area contributed by atoms with Crippen molar-refractivity contribution in [1.29, 1.82) is 0 Å². The molecule has 2 aromatic rings. The normalized spacial score (nSPS) is 10.6. The van der Waals surface area contributed by atoms with Crippen molar-refractivity contribution in [1.82, 2.24) is 10.2 Å². The van der Waals surface area contributed by atoms with E-state index in [1.54, 1.807) is 12.1 Å². The molecule has 4 heteroatoms. The summed E-state index contributed by atoms with van der Waals surface area (Å²) in [5, 5.41) is 14.6. The maximum absolute atomic E-state index is 11.5. The summed E-state index contributed by atoms with van der Waals surface area (Å²) in [6.45, 7) is 2.00. The maximum Gasteiger partial charge on any atom is 0.267 e. The van der Waals surface area contributed by atoms with Gasteiger partial charge in [0.25, 0.3) is 5.56 Å². The average molecular weight is 218 g/mol. The van der Waals surface area contributed by atoms with Gasteiger partial charge in [-0.15, -0.1) is 0 Å². The van der Waals surface area contributed by atoms with Gasteiger partial charge in [-0.25, -0.2) is 0 Å². The van der Waals surface area contributed by atoms with Gasteiger partial charge in [-0.3, -0.25) is 9.89 Å². The van der Waals surface area contributed by atoms with Crippen molar-refractivity contribution in [3.63, 3.8) is 0 Å². The van der Waals surface area contributed by atoms with Crippen molar-refractivity contribution >= 4 is 0 Å². The van der Waals surface area contributed by atoms with E-state index in [0.29, 0.717) is 6.42 Å². The predicted molar refractivity (Wildman–Crippen MR) is 61.7 cm³/mol. The van der Waals surface area contributed by atoms with E-state index in [4.69, 9.17) is 5.11 Å². The molecule has 0 radical (unpaired) electrons. The Labute approximate surface area is 92.9 Å². The first-order chi connectivity index (χ1) is 7.70. The second-order valence-electron chi connectivity index (χ2n) is 3.73. The molecule has 0 atom stereocenters. The Bertz CT molecular complexity index is 523. The summed E-state index contributed by atoms with van der Waals surface area (Å²) in [5.74, 6) is 0.238.